The second kappa shape index (κ2) is 8.66. The molecule has 0 bridgehead atoms. The Kier molecular flexibility index (Phi) is 8.34. The van der Waals surface area contributed by atoms with Crippen molar-refractivity contribution in [1.82, 2.24) is 0 Å². The molecule has 0 aromatic carbocycles. The summed E-state index contributed by atoms with van der Waals surface area (Å²) in [6, 6.07) is 0. The third kappa shape index (κ3) is 4.95. The van der Waals surface area contributed by atoms with Gasteiger partial charge in [0.25, 0.3) is 0 Å². The van der Waals surface area contributed by atoms with Gasteiger partial charge in [0, 0.05) is 13.1 Å². The van der Waals surface area contributed by atoms with E-state index in [0.717, 1.165) is 0 Å². The van der Waals surface area contributed by atoms with Crippen LogP contribution in [0.25, 0.3) is 0 Å². The van der Waals surface area contributed by atoms with Gasteiger partial charge in [-0.25, -0.2) is 18.3 Å². The lowest BCUT2D eigenvalue weighted by molar-refractivity contribution is -0.515. The quantitative estimate of drug-likeness (QED) is 0.395. The van der Waals surface area contributed by atoms with Crippen molar-refractivity contribution in [3.05, 3.63) is 0 Å². The van der Waals surface area contributed by atoms with Gasteiger partial charge in [-0.1, -0.05) is 0 Å². The van der Waals surface area contributed by atoms with E-state index in [-0.39, 0.29) is 13.8 Å². The van der Waals surface area contributed by atoms with Crippen LogP contribution < -0.4 is 11.5 Å². The van der Waals surface area contributed by atoms with Crippen molar-refractivity contribution in [2.24, 2.45) is 16.9 Å². The average molecular weight is 498 g/mol. The van der Waals surface area contributed by atoms with Crippen LogP contribution in [-0.4, -0.2) is 61.7 Å². The van der Waals surface area contributed by atoms with Crippen LogP contribution in [0.1, 0.15) is 13.8 Å². The van der Waals surface area contributed by atoms with E-state index in [1.807, 2.05) is 0 Å². The first kappa shape index (κ1) is 29.9. The van der Waals surface area contributed by atoms with Gasteiger partial charge in [0.1, 0.15) is 0 Å². The molecular weight excluding hydrogens is 482 g/mol. The third-order valence-electron chi connectivity index (χ3n) is 4.10. The van der Waals surface area contributed by atoms with E-state index in [9.17, 15) is 61.5 Å². The summed E-state index contributed by atoms with van der Waals surface area (Å²) in [5, 5.41) is 0. The van der Waals surface area contributed by atoms with Crippen LogP contribution in [0.3, 0.4) is 0 Å². The number of nitrogens with two attached hydrogens (primary N) is 2. The Hall–Kier alpha value is -1.14. The lowest BCUT2D eigenvalue weighted by Gasteiger charge is -2.45. The molecule has 0 spiro atoms. The first-order valence-corrected chi connectivity index (χ1v) is 7.78. The van der Waals surface area contributed by atoms with Crippen molar-refractivity contribution in [1.29, 1.82) is 0 Å². The molecule has 0 aliphatic heterocycles. The van der Waals surface area contributed by atoms with Gasteiger partial charge in [0.05, 0.1) is 0 Å². The van der Waals surface area contributed by atoms with Crippen LogP contribution in [-0.2, 0) is 9.47 Å². The van der Waals surface area contributed by atoms with Crippen LogP contribution in [0.15, 0.2) is 0 Å². The lowest BCUT2D eigenvalue weighted by Crippen LogP contribution is -2.68. The molecule has 0 radical (unpaired) electrons. The number of ether oxygens (including phenoxy) is 2. The minimum Gasteiger partial charge on any atom is -0.329 e. The van der Waals surface area contributed by atoms with E-state index in [2.05, 4.69) is 20.9 Å². The molecule has 4 N–H and O–H groups in total. The molecule has 0 aromatic heterocycles. The van der Waals surface area contributed by atoms with Crippen LogP contribution >= 0.6 is 0 Å². The predicted molar refractivity (Wildman–Crippen MR) is 73.5 cm³/mol. The van der Waals surface area contributed by atoms with E-state index in [1.54, 1.807) is 0 Å². The smallest absolute Gasteiger partial charge is 0.329 e. The summed E-state index contributed by atoms with van der Waals surface area (Å²) in [5.41, 5.74) is 3.98. The van der Waals surface area contributed by atoms with Crippen molar-refractivity contribution >= 4 is 0 Å². The highest BCUT2D eigenvalue weighted by Crippen LogP contribution is 2.55. The molecule has 2 atom stereocenters. The highest BCUT2D eigenvalue weighted by atomic mass is 19.3. The third-order valence-corrected chi connectivity index (χ3v) is 4.10. The van der Waals surface area contributed by atoms with Crippen LogP contribution in [0, 0.1) is 5.41 Å². The van der Waals surface area contributed by atoms with E-state index < -0.39 is 67.1 Å². The highest BCUT2D eigenvalue weighted by Gasteiger charge is 2.78. The number of halogens is 14. The molecule has 18 heteroatoms. The fourth-order valence-corrected chi connectivity index (χ4v) is 1.84. The summed E-state index contributed by atoms with van der Waals surface area (Å²) in [7, 11) is 0. The fraction of sp³-hybridized carbons (Fsp3) is 1.00. The van der Waals surface area contributed by atoms with Gasteiger partial charge in [-0.2, -0.15) is 52.7 Å². The van der Waals surface area contributed by atoms with Crippen molar-refractivity contribution in [3.63, 3.8) is 0 Å². The van der Waals surface area contributed by atoms with Crippen molar-refractivity contribution in [2.45, 2.75) is 62.5 Å². The summed E-state index contributed by atoms with van der Waals surface area (Å²) in [6.45, 7) is -5.45. The van der Waals surface area contributed by atoms with E-state index >= 15 is 0 Å². The topological polar surface area (TPSA) is 70.5 Å². The number of hydrogen-bond donors (Lipinski definition) is 2. The van der Waals surface area contributed by atoms with Gasteiger partial charge in [0.15, 0.2) is 17.8 Å². The minimum absolute atomic E-state index is 0.257. The molecule has 0 aromatic rings. The molecule has 188 valence electrons. The maximum absolute atomic E-state index is 14.2. The van der Waals surface area contributed by atoms with E-state index in [1.165, 1.54) is 0 Å². The molecule has 0 rings (SSSR count). The monoisotopic (exact) mass is 498 g/mol. The molecule has 0 saturated heterocycles. The van der Waals surface area contributed by atoms with E-state index in [0.29, 0.717) is 0 Å². The van der Waals surface area contributed by atoms with Gasteiger partial charge < -0.3 is 11.5 Å². The Balaban J connectivity index is 6.43. The second-order valence-electron chi connectivity index (χ2n) is 6.24. The van der Waals surface area contributed by atoms with Crippen molar-refractivity contribution < 1.29 is 70.9 Å². The molecule has 0 saturated carbocycles. The predicted octanol–water partition coefficient (Wildman–Crippen LogP) is 4.28. The van der Waals surface area contributed by atoms with Crippen molar-refractivity contribution in [3.8, 4) is 0 Å². The average Bonchev–Trinajstić information content (AvgIpc) is 2.52. The van der Waals surface area contributed by atoms with E-state index in [4.69, 9.17) is 0 Å². The van der Waals surface area contributed by atoms with Crippen LogP contribution in [0.2, 0.25) is 0 Å². The Morgan fingerprint density at radius 1 is 0.548 bits per heavy atom. The fourth-order valence-electron chi connectivity index (χ4n) is 1.84. The van der Waals surface area contributed by atoms with Gasteiger partial charge in [0.2, 0.25) is 0 Å². The first-order valence-electron chi connectivity index (χ1n) is 7.78. The highest BCUT2D eigenvalue weighted by molar-refractivity contribution is 4.99. The lowest BCUT2D eigenvalue weighted by atomic mass is 9.84. The number of rotatable bonds is 12. The molecule has 0 fully saturated rings. The molecule has 4 nitrogen and oxygen atoms in total. The zero-order chi connectivity index (χ0) is 25.5. The van der Waals surface area contributed by atoms with Crippen molar-refractivity contribution in [2.75, 3.05) is 13.1 Å². The zero-order valence-electron chi connectivity index (χ0n) is 15.3. The Bertz CT molecular complexity index is 559. The number of alkyl halides is 14. The molecule has 0 aliphatic rings. The molecule has 31 heavy (non-hydrogen) atoms. The molecule has 0 aliphatic carbocycles. The van der Waals surface area contributed by atoms with Gasteiger partial charge in [-0.15, -0.1) is 0 Å². The van der Waals surface area contributed by atoms with Crippen LogP contribution in [0.5, 0.6) is 0 Å². The summed E-state index contributed by atoms with van der Waals surface area (Å²) in [4.78, 5) is 0. The van der Waals surface area contributed by atoms with Gasteiger partial charge in [-0.05, 0) is 13.8 Å². The van der Waals surface area contributed by atoms with Gasteiger partial charge in [-0.3, -0.25) is 0 Å². The Labute approximate surface area is 164 Å². The van der Waals surface area contributed by atoms with Gasteiger partial charge >= 0.3 is 36.3 Å². The molecule has 0 heterocycles. The molecule has 0 amide bonds. The Morgan fingerprint density at radius 3 is 0.935 bits per heavy atom. The largest absolute Gasteiger partial charge is 0.426 e. The maximum atomic E-state index is 14.2. The summed E-state index contributed by atoms with van der Waals surface area (Å²) in [6.07, 6.45) is -33.8. The second-order valence-corrected chi connectivity index (χ2v) is 6.24. The summed E-state index contributed by atoms with van der Waals surface area (Å²) >= 11 is 0. The molecule has 2 unspecified atom stereocenters. The maximum Gasteiger partial charge on any atom is 0.426 e. The normalized spacial score (nSPS) is 17.6. The molecular formula is C13H16F14N2O2. The summed E-state index contributed by atoms with van der Waals surface area (Å²) < 4.78 is 193. The minimum atomic E-state index is -6.57. The van der Waals surface area contributed by atoms with Crippen LogP contribution in [0.4, 0.5) is 61.5 Å². The zero-order valence-corrected chi connectivity index (χ0v) is 15.3. The summed E-state index contributed by atoms with van der Waals surface area (Å²) in [5.74, 6) is -12.2. The SMILES string of the molecule is CC(F)C(F)(F)C(F)(F)OC(F)(F)C(CN)(CN)C(F)(F)OC(F)(F)C(F)(F)C(C)F. The first-order chi connectivity index (χ1) is 13.4. The standard InChI is InChI=1S/C13H16F14N2O2/c1-5(14)8(16,17)12(24,25)30-10(20,21)7(3-28,4-29)11(22,23)31-13(26,27)9(18,19)6(2)15/h5-6H,3-4,28-29H2,1-2H3. The number of hydrogen-bond acceptors (Lipinski definition) is 4. The Morgan fingerprint density at radius 2 is 0.774 bits per heavy atom.